The molecule has 0 bridgehead atoms. The number of thiophene rings is 1. The lowest BCUT2D eigenvalue weighted by Crippen LogP contribution is -2.18. The van der Waals surface area contributed by atoms with E-state index in [2.05, 4.69) is 20.5 Å². The number of nitrogens with zero attached hydrogens (tertiary/aromatic N) is 2. The quantitative estimate of drug-likeness (QED) is 0.432. The molecule has 0 atom stereocenters. The van der Waals surface area contributed by atoms with Crippen LogP contribution in [0.15, 0.2) is 71.4 Å². The highest BCUT2D eigenvalue weighted by Crippen LogP contribution is 2.35. The lowest BCUT2D eigenvalue weighted by atomic mass is 10.1. The van der Waals surface area contributed by atoms with Crippen molar-refractivity contribution in [3.8, 4) is 10.4 Å². The molecular weight excluding hydrogens is 332 g/mol. The fourth-order valence-corrected chi connectivity index (χ4v) is 3.45. The molecule has 3 heterocycles. The summed E-state index contributed by atoms with van der Waals surface area (Å²) in [6.07, 6.45) is 4.93. The van der Waals surface area contributed by atoms with Crippen LogP contribution in [0.25, 0.3) is 21.3 Å². The summed E-state index contributed by atoms with van der Waals surface area (Å²) in [4.78, 5) is 20.9. The number of para-hydroxylation sites is 1. The van der Waals surface area contributed by atoms with Crippen LogP contribution in [0, 0.1) is 0 Å². The van der Waals surface area contributed by atoms with E-state index in [9.17, 15) is 4.79 Å². The summed E-state index contributed by atoms with van der Waals surface area (Å²) in [5.74, 6) is -0.278. The van der Waals surface area contributed by atoms with Gasteiger partial charge in [0.05, 0.1) is 6.21 Å². The van der Waals surface area contributed by atoms with Crippen molar-refractivity contribution in [2.45, 2.75) is 0 Å². The molecular formula is C19H14N4OS. The standard InChI is InChI=1S/C19H14N4OS/c24-19(23-21-12-13-5-3-9-20-11-13)18-17(16-8-4-10-25-16)14-6-1-2-7-15(14)22-18/h1-12,22H,(H,23,24)/b21-12-. The van der Waals surface area contributed by atoms with E-state index < -0.39 is 0 Å². The van der Waals surface area contributed by atoms with Gasteiger partial charge in [0.2, 0.25) is 0 Å². The Kier molecular flexibility index (Phi) is 4.10. The fourth-order valence-electron chi connectivity index (χ4n) is 2.66. The predicted octanol–water partition coefficient (Wildman–Crippen LogP) is 4.06. The Bertz CT molecular complexity index is 1040. The maximum atomic E-state index is 12.7. The number of hydrazone groups is 1. The van der Waals surface area contributed by atoms with Crippen LogP contribution in [0.2, 0.25) is 0 Å². The van der Waals surface area contributed by atoms with Crippen LogP contribution < -0.4 is 5.43 Å². The van der Waals surface area contributed by atoms with Crippen molar-refractivity contribution in [3.05, 3.63) is 77.6 Å². The summed E-state index contributed by atoms with van der Waals surface area (Å²) in [5.41, 5.74) is 5.74. The summed E-state index contributed by atoms with van der Waals surface area (Å²) in [6, 6.07) is 15.5. The molecule has 122 valence electrons. The predicted molar refractivity (Wildman–Crippen MR) is 101 cm³/mol. The number of amides is 1. The Balaban J connectivity index is 1.68. The van der Waals surface area contributed by atoms with Gasteiger partial charge in [0, 0.05) is 39.3 Å². The number of aromatic nitrogens is 2. The maximum absolute atomic E-state index is 12.7. The number of hydrogen-bond acceptors (Lipinski definition) is 4. The molecule has 4 rings (SSSR count). The van der Waals surface area contributed by atoms with Crippen LogP contribution in [-0.4, -0.2) is 22.1 Å². The number of carbonyl (C=O) groups is 1. The van der Waals surface area contributed by atoms with E-state index in [1.165, 1.54) is 0 Å². The minimum atomic E-state index is -0.278. The van der Waals surface area contributed by atoms with Crippen molar-refractivity contribution in [1.82, 2.24) is 15.4 Å². The smallest absolute Gasteiger partial charge is 0.288 e. The van der Waals surface area contributed by atoms with Crippen LogP contribution in [-0.2, 0) is 0 Å². The number of aromatic amines is 1. The highest BCUT2D eigenvalue weighted by molar-refractivity contribution is 7.13. The van der Waals surface area contributed by atoms with Gasteiger partial charge in [-0.25, -0.2) is 5.43 Å². The lowest BCUT2D eigenvalue weighted by Gasteiger charge is -2.01. The summed E-state index contributed by atoms with van der Waals surface area (Å²) < 4.78 is 0. The first-order chi connectivity index (χ1) is 12.3. The van der Waals surface area contributed by atoms with Gasteiger partial charge in [-0.2, -0.15) is 5.10 Å². The van der Waals surface area contributed by atoms with E-state index >= 15 is 0 Å². The van der Waals surface area contributed by atoms with Crippen molar-refractivity contribution in [2.75, 3.05) is 0 Å². The van der Waals surface area contributed by atoms with Gasteiger partial charge in [0.15, 0.2) is 0 Å². The summed E-state index contributed by atoms with van der Waals surface area (Å²) in [7, 11) is 0. The van der Waals surface area contributed by atoms with Gasteiger partial charge in [-0.15, -0.1) is 11.3 Å². The van der Waals surface area contributed by atoms with Gasteiger partial charge in [0.25, 0.3) is 5.91 Å². The summed E-state index contributed by atoms with van der Waals surface area (Å²) in [6.45, 7) is 0. The fraction of sp³-hybridized carbons (Fsp3) is 0. The molecule has 5 nitrogen and oxygen atoms in total. The van der Waals surface area contributed by atoms with E-state index in [4.69, 9.17) is 0 Å². The lowest BCUT2D eigenvalue weighted by molar-refractivity contribution is 0.0951. The molecule has 25 heavy (non-hydrogen) atoms. The Morgan fingerprint density at radius 2 is 2.08 bits per heavy atom. The Morgan fingerprint density at radius 1 is 1.16 bits per heavy atom. The number of H-pyrrole nitrogens is 1. The zero-order valence-corrected chi connectivity index (χ0v) is 14.0. The molecule has 6 heteroatoms. The number of carbonyl (C=O) groups excluding carboxylic acids is 1. The normalized spacial score (nSPS) is 11.2. The average molecular weight is 346 g/mol. The zero-order valence-electron chi connectivity index (χ0n) is 13.1. The van der Waals surface area contributed by atoms with Crippen molar-refractivity contribution < 1.29 is 4.79 Å². The second-order valence-corrected chi connectivity index (χ2v) is 6.33. The van der Waals surface area contributed by atoms with Crippen molar-refractivity contribution >= 4 is 34.4 Å². The van der Waals surface area contributed by atoms with Gasteiger partial charge in [-0.1, -0.05) is 30.3 Å². The minimum absolute atomic E-state index is 0.278. The van der Waals surface area contributed by atoms with Crippen molar-refractivity contribution in [3.63, 3.8) is 0 Å². The number of nitrogens with one attached hydrogen (secondary N) is 2. The maximum Gasteiger partial charge on any atom is 0.288 e. The average Bonchev–Trinajstić information content (AvgIpc) is 3.29. The minimum Gasteiger partial charge on any atom is -0.350 e. The summed E-state index contributed by atoms with van der Waals surface area (Å²) >= 11 is 1.60. The zero-order chi connectivity index (χ0) is 17.1. The number of rotatable bonds is 4. The first-order valence-corrected chi connectivity index (χ1v) is 8.59. The molecule has 1 aromatic carbocycles. The third-order valence-corrected chi connectivity index (χ3v) is 4.65. The van der Waals surface area contributed by atoms with Crippen LogP contribution >= 0.6 is 11.3 Å². The summed E-state index contributed by atoms with van der Waals surface area (Å²) in [5, 5.41) is 7.05. The molecule has 3 aromatic heterocycles. The third kappa shape index (κ3) is 3.07. The Morgan fingerprint density at radius 3 is 2.88 bits per heavy atom. The van der Waals surface area contributed by atoms with E-state index in [1.807, 2.05) is 53.9 Å². The van der Waals surface area contributed by atoms with Gasteiger partial charge in [-0.3, -0.25) is 9.78 Å². The molecule has 2 N–H and O–H groups in total. The highest BCUT2D eigenvalue weighted by Gasteiger charge is 2.19. The van der Waals surface area contributed by atoms with Crippen LogP contribution in [0.1, 0.15) is 16.1 Å². The van der Waals surface area contributed by atoms with Crippen molar-refractivity contribution in [1.29, 1.82) is 0 Å². The van der Waals surface area contributed by atoms with E-state index in [0.717, 1.165) is 26.9 Å². The van der Waals surface area contributed by atoms with Crippen molar-refractivity contribution in [2.24, 2.45) is 5.10 Å². The molecule has 0 aliphatic carbocycles. The monoisotopic (exact) mass is 346 g/mol. The SMILES string of the molecule is O=C(N/N=C\c1cccnc1)c1[nH]c2ccccc2c1-c1cccs1. The van der Waals surface area contributed by atoms with Gasteiger partial charge in [0.1, 0.15) is 5.69 Å². The second-order valence-electron chi connectivity index (χ2n) is 5.38. The third-order valence-electron chi connectivity index (χ3n) is 3.76. The molecule has 0 spiro atoms. The van der Waals surface area contributed by atoms with E-state index in [1.54, 1.807) is 29.9 Å². The molecule has 0 aliphatic rings. The molecule has 0 unspecified atom stereocenters. The number of hydrogen-bond donors (Lipinski definition) is 2. The molecule has 0 radical (unpaired) electrons. The first-order valence-electron chi connectivity index (χ1n) is 7.71. The van der Waals surface area contributed by atoms with E-state index in [-0.39, 0.29) is 5.91 Å². The molecule has 0 saturated carbocycles. The molecule has 0 aliphatic heterocycles. The molecule has 0 fully saturated rings. The van der Waals surface area contributed by atoms with Gasteiger partial charge in [-0.05, 0) is 23.6 Å². The number of fused-ring (bicyclic) bond motifs is 1. The first kappa shape index (κ1) is 15.3. The Labute approximate surface area is 148 Å². The molecule has 4 aromatic rings. The largest absolute Gasteiger partial charge is 0.350 e. The van der Waals surface area contributed by atoms with Crippen LogP contribution in [0.3, 0.4) is 0 Å². The van der Waals surface area contributed by atoms with E-state index in [0.29, 0.717) is 5.69 Å². The van der Waals surface area contributed by atoms with Crippen LogP contribution in [0.4, 0.5) is 0 Å². The highest BCUT2D eigenvalue weighted by atomic mass is 32.1. The Hall–Kier alpha value is -3.25. The molecule has 1 amide bonds. The number of pyridine rings is 1. The molecule has 0 saturated heterocycles. The van der Waals surface area contributed by atoms with Gasteiger partial charge >= 0.3 is 0 Å². The van der Waals surface area contributed by atoms with Gasteiger partial charge < -0.3 is 4.98 Å². The van der Waals surface area contributed by atoms with Crippen LogP contribution in [0.5, 0.6) is 0 Å². The topological polar surface area (TPSA) is 70.1 Å². The second kappa shape index (κ2) is 6.70. The number of benzene rings is 1.